The van der Waals surface area contributed by atoms with Crippen LogP contribution in [0.5, 0.6) is 0 Å². The fraction of sp³-hybridized carbons (Fsp3) is 0.571. The third kappa shape index (κ3) is 3.62. The number of aryl methyl sites for hydroxylation is 1. The van der Waals surface area contributed by atoms with Crippen molar-refractivity contribution in [1.29, 1.82) is 0 Å². The van der Waals surface area contributed by atoms with Crippen molar-refractivity contribution in [3.63, 3.8) is 0 Å². The molecule has 16 heavy (non-hydrogen) atoms. The molecule has 2 atom stereocenters. The molecular formula is C14H23NO. The van der Waals surface area contributed by atoms with Gasteiger partial charge in [-0.15, -0.1) is 0 Å². The van der Waals surface area contributed by atoms with Crippen molar-refractivity contribution >= 4 is 0 Å². The predicted molar refractivity (Wildman–Crippen MR) is 68.1 cm³/mol. The van der Waals surface area contributed by atoms with E-state index >= 15 is 0 Å². The molecule has 2 nitrogen and oxygen atoms in total. The first kappa shape index (κ1) is 13.2. The zero-order chi connectivity index (χ0) is 12.1. The predicted octanol–water partition coefficient (Wildman–Crippen LogP) is 2.65. The second-order valence-electron chi connectivity index (χ2n) is 4.98. The second-order valence-corrected chi connectivity index (χ2v) is 4.98. The van der Waals surface area contributed by atoms with Gasteiger partial charge in [-0.3, -0.25) is 0 Å². The largest absolute Gasteiger partial charge is 0.388 e. The summed E-state index contributed by atoms with van der Waals surface area (Å²) in [5, 5.41) is 10.2. The summed E-state index contributed by atoms with van der Waals surface area (Å²) in [6, 6.07) is 8.04. The van der Waals surface area contributed by atoms with Crippen molar-refractivity contribution < 1.29 is 5.11 Å². The Morgan fingerprint density at radius 1 is 1.19 bits per heavy atom. The Kier molecular flexibility index (Phi) is 4.97. The Balaban J connectivity index is 2.74. The van der Waals surface area contributed by atoms with Crippen LogP contribution in [0.1, 0.15) is 37.5 Å². The summed E-state index contributed by atoms with van der Waals surface area (Å²) in [4.78, 5) is 0. The van der Waals surface area contributed by atoms with Crippen molar-refractivity contribution in [3.05, 3.63) is 35.4 Å². The van der Waals surface area contributed by atoms with Gasteiger partial charge in [-0.05, 0) is 31.4 Å². The zero-order valence-corrected chi connectivity index (χ0v) is 10.5. The lowest BCUT2D eigenvalue weighted by atomic mass is 9.88. The number of hydrogen-bond acceptors (Lipinski definition) is 2. The van der Waals surface area contributed by atoms with E-state index in [0.717, 1.165) is 12.0 Å². The normalized spacial score (nSPS) is 15.1. The molecule has 0 aliphatic heterocycles. The lowest BCUT2D eigenvalue weighted by molar-refractivity contribution is 0.0995. The maximum atomic E-state index is 10.2. The number of hydrogen-bond donors (Lipinski definition) is 2. The lowest BCUT2D eigenvalue weighted by Gasteiger charge is -2.23. The summed E-state index contributed by atoms with van der Waals surface area (Å²) in [5.41, 5.74) is 7.92. The highest BCUT2D eigenvalue weighted by Crippen LogP contribution is 2.26. The average molecular weight is 221 g/mol. The molecule has 0 bridgehead atoms. The van der Waals surface area contributed by atoms with Gasteiger partial charge in [-0.1, -0.05) is 43.7 Å². The van der Waals surface area contributed by atoms with Crippen LogP contribution >= 0.6 is 0 Å². The summed E-state index contributed by atoms with van der Waals surface area (Å²) in [5.74, 6) is 0.719. The molecule has 1 rings (SSSR count). The molecule has 0 radical (unpaired) electrons. The van der Waals surface area contributed by atoms with Gasteiger partial charge in [0.2, 0.25) is 0 Å². The molecular weight excluding hydrogens is 198 g/mol. The minimum absolute atomic E-state index is 0.155. The van der Waals surface area contributed by atoms with E-state index in [0.29, 0.717) is 12.5 Å². The first-order valence-corrected chi connectivity index (χ1v) is 5.99. The number of nitrogens with two attached hydrogens (primary N) is 1. The number of benzene rings is 1. The summed E-state index contributed by atoms with van der Waals surface area (Å²) in [6.07, 6.45) is 0.527. The van der Waals surface area contributed by atoms with Gasteiger partial charge in [-0.2, -0.15) is 0 Å². The van der Waals surface area contributed by atoms with Crippen LogP contribution in [0.2, 0.25) is 0 Å². The van der Waals surface area contributed by atoms with Crippen molar-refractivity contribution in [2.24, 2.45) is 17.6 Å². The van der Waals surface area contributed by atoms with Gasteiger partial charge in [0.1, 0.15) is 0 Å². The second kappa shape index (κ2) is 6.02. The van der Waals surface area contributed by atoms with Crippen LogP contribution in [0.15, 0.2) is 24.3 Å². The first-order chi connectivity index (χ1) is 7.54. The summed E-state index contributed by atoms with van der Waals surface area (Å²) in [7, 11) is 0. The van der Waals surface area contributed by atoms with Crippen LogP contribution in [-0.2, 0) is 0 Å². The highest BCUT2D eigenvalue weighted by atomic mass is 16.3. The van der Waals surface area contributed by atoms with Crippen LogP contribution < -0.4 is 5.73 Å². The van der Waals surface area contributed by atoms with Crippen LogP contribution in [-0.4, -0.2) is 11.7 Å². The van der Waals surface area contributed by atoms with E-state index in [1.54, 1.807) is 0 Å². The number of aliphatic hydroxyl groups excluding tert-OH is 1. The van der Waals surface area contributed by atoms with E-state index in [1.165, 1.54) is 5.56 Å². The fourth-order valence-electron chi connectivity index (χ4n) is 2.00. The van der Waals surface area contributed by atoms with E-state index in [2.05, 4.69) is 13.8 Å². The average Bonchev–Trinajstić information content (AvgIpc) is 2.25. The lowest BCUT2D eigenvalue weighted by Crippen LogP contribution is -2.23. The van der Waals surface area contributed by atoms with Gasteiger partial charge < -0.3 is 10.8 Å². The summed E-state index contributed by atoms with van der Waals surface area (Å²) < 4.78 is 0. The van der Waals surface area contributed by atoms with E-state index in [1.807, 2.05) is 31.2 Å². The SMILES string of the molecule is Cc1ccc(C(O)C(CN)CC(C)C)cc1. The number of rotatable bonds is 5. The Hall–Kier alpha value is -0.860. The van der Waals surface area contributed by atoms with Gasteiger partial charge in [0, 0.05) is 5.92 Å². The molecule has 0 heterocycles. The third-order valence-electron chi connectivity index (χ3n) is 2.94. The molecule has 0 aromatic heterocycles. The Morgan fingerprint density at radius 3 is 2.19 bits per heavy atom. The Labute approximate surface area is 98.5 Å². The Bertz CT molecular complexity index is 305. The van der Waals surface area contributed by atoms with Crippen molar-refractivity contribution in [2.45, 2.75) is 33.3 Å². The molecule has 90 valence electrons. The van der Waals surface area contributed by atoms with Gasteiger partial charge in [0.15, 0.2) is 0 Å². The minimum atomic E-state index is -0.437. The first-order valence-electron chi connectivity index (χ1n) is 5.99. The fourth-order valence-corrected chi connectivity index (χ4v) is 2.00. The zero-order valence-electron chi connectivity index (χ0n) is 10.5. The maximum Gasteiger partial charge on any atom is 0.0830 e. The van der Waals surface area contributed by atoms with Gasteiger partial charge in [-0.25, -0.2) is 0 Å². The summed E-state index contributed by atoms with van der Waals surface area (Å²) in [6.45, 7) is 6.90. The molecule has 0 aliphatic carbocycles. The van der Waals surface area contributed by atoms with Crippen LogP contribution in [0.25, 0.3) is 0 Å². The Morgan fingerprint density at radius 2 is 1.75 bits per heavy atom. The molecule has 0 saturated carbocycles. The highest BCUT2D eigenvalue weighted by molar-refractivity contribution is 5.23. The van der Waals surface area contributed by atoms with Crippen LogP contribution in [0, 0.1) is 18.8 Å². The molecule has 1 aromatic carbocycles. The van der Waals surface area contributed by atoms with Crippen molar-refractivity contribution in [1.82, 2.24) is 0 Å². The monoisotopic (exact) mass is 221 g/mol. The van der Waals surface area contributed by atoms with E-state index in [-0.39, 0.29) is 5.92 Å². The van der Waals surface area contributed by atoms with Crippen LogP contribution in [0.4, 0.5) is 0 Å². The maximum absolute atomic E-state index is 10.2. The smallest absolute Gasteiger partial charge is 0.0830 e. The molecule has 2 unspecified atom stereocenters. The standard InChI is InChI=1S/C14H23NO/c1-10(2)8-13(9-15)14(16)12-6-4-11(3)5-7-12/h4-7,10,13-14,16H,8-9,15H2,1-3H3. The molecule has 0 amide bonds. The quantitative estimate of drug-likeness (QED) is 0.803. The van der Waals surface area contributed by atoms with Gasteiger partial charge in [0.25, 0.3) is 0 Å². The van der Waals surface area contributed by atoms with Gasteiger partial charge in [0.05, 0.1) is 6.10 Å². The molecule has 0 fully saturated rings. The minimum Gasteiger partial charge on any atom is -0.388 e. The van der Waals surface area contributed by atoms with E-state index < -0.39 is 6.10 Å². The molecule has 3 N–H and O–H groups in total. The van der Waals surface area contributed by atoms with E-state index in [4.69, 9.17) is 5.73 Å². The molecule has 0 saturated heterocycles. The topological polar surface area (TPSA) is 46.2 Å². The highest BCUT2D eigenvalue weighted by Gasteiger charge is 2.20. The molecule has 1 aromatic rings. The van der Waals surface area contributed by atoms with Crippen molar-refractivity contribution in [3.8, 4) is 0 Å². The van der Waals surface area contributed by atoms with Crippen LogP contribution in [0.3, 0.4) is 0 Å². The molecule has 2 heteroatoms. The third-order valence-corrected chi connectivity index (χ3v) is 2.94. The summed E-state index contributed by atoms with van der Waals surface area (Å²) >= 11 is 0. The van der Waals surface area contributed by atoms with E-state index in [9.17, 15) is 5.11 Å². The number of aliphatic hydroxyl groups is 1. The molecule has 0 spiro atoms. The molecule has 0 aliphatic rings. The van der Waals surface area contributed by atoms with Crippen molar-refractivity contribution in [2.75, 3.05) is 6.54 Å². The van der Waals surface area contributed by atoms with Gasteiger partial charge >= 0.3 is 0 Å².